The van der Waals surface area contributed by atoms with Crippen molar-refractivity contribution in [3.8, 4) is 5.75 Å². The summed E-state index contributed by atoms with van der Waals surface area (Å²) in [5.74, 6) is 0.216. The number of carbonyl (C=O) groups is 2. The summed E-state index contributed by atoms with van der Waals surface area (Å²) < 4.78 is 5.04. The monoisotopic (exact) mass is 270 g/mol. The van der Waals surface area contributed by atoms with Gasteiger partial charge in [-0.3, -0.25) is 9.59 Å². The normalized spacial score (nSPS) is 9.67. The summed E-state index contributed by atoms with van der Waals surface area (Å²) in [6, 6.07) is 6.44. The molecule has 0 fully saturated rings. The van der Waals surface area contributed by atoms with E-state index in [1.165, 1.54) is 0 Å². The van der Waals surface area contributed by atoms with Gasteiger partial charge in [0.05, 0.1) is 0 Å². The quantitative estimate of drug-likeness (QED) is 0.358. The number of ether oxygens (including phenoxy) is 1. The molecular weight excluding hydrogens is 260 g/mol. The Labute approximate surface area is 96.6 Å². The molecule has 1 aromatic carbocycles. The van der Waals surface area contributed by atoms with Crippen molar-refractivity contribution >= 4 is 28.2 Å². The number of aldehydes is 1. The summed E-state index contributed by atoms with van der Waals surface area (Å²) >= 11 is 3.24. The summed E-state index contributed by atoms with van der Waals surface area (Å²) in [5.41, 5.74) is 0.565. The van der Waals surface area contributed by atoms with Gasteiger partial charge >= 0.3 is 5.97 Å². The SMILES string of the molecule is O=Cc1ccc(OC(=O)CCCBr)cc1. The number of hydrogen-bond acceptors (Lipinski definition) is 3. The van der Waals surface area contributed by atoms with Gasteiger partial charge in [0.1, 0.15) is 12.0 Å². The van der Waals surface area contributed by atoms with Crippen molar-refractivity contribution in [3.63, 3.8) is 0 Å². The zero-order valence-electron chi connectivity index (χ0n) is 8.11. The fraction of sp³-hybridized carbons (Fsp3) is 0.273. The van der Waals surface area contributed by atoms with Gasteiger partial charge in [0.2, 0.25) is 0 Å². The van der Waals surface area contributed by atoms with Crippen LogP contribution in [-0.4, -0.2) is 17.6 Å². The van der Waals surface area contributed by atoms with E-state index in [1.54, 1.807) is 24.3 Å². The second-order valence-corrected chi connectivity index (χ2v) is 3.75. The van der Waals surface area contributed by atoms with E-state index in [2.05, 4.69) is 15.9 Å². The topological polar surface area (TPSA) is 43.4 Å². The van der Waals surface area contributed by atoms with Gasteiger partial charge in [-0.15, -0.1) is 0 Å². The zero-order valence-corrected chi connectivity index (χ0v) is 9.70. The smallest absolute Gasteiger partial charge is 0.311 e. The van der Waals surface area contributed by atoms with Gasteiger partial charge in [-0.2, -0.15) is 0 Å². The van der Waals surface area contributed by atoms with Gasteiger partial charge in [-0.1, -0.05) is 15.9 Å². The second-order valence-electron chi connectivity index (χ2n) is 2.95. The molecule has 15 heavy (non-hydrogen) atoms. The molecule has 0 aliphatic carbocycles. The van der Waals surface area contributed by atoms with Gasteiger partial charge < -0.3 is 4.74 Å². The number of carbonyl (C=O) groups excluding carboxylic acids is 2. The average Bonchev–Trinajstić information content (AvgIpc) is 2.27. The highest BCUT2D eigenvalue weighted by Gasteiger charge is 2.03. The zero-order chi connectivity index (χ0) is 11.1. The molecule has 0 radical (unpaired) electrons. The first kappa shape index (κ1) is 11.9. The number of rotatable bonds is 5. The first-order valence-corrected chi connectivity index (χ1v) is 5.70. The molecule has 1 aromatic rings. The summed E-state index contributed by atoms with van der Waals surface area (Å²) in [4.78, 5) is 21.6. The van der Waals surface area contributed by atoms with Crippen LogP contribution in [0, 0.1) is 0 Å². The van der Waals surface area contributed by atoms with Crippen LogP contribution in [0.4, 0.5) is 0 Å². The lowest BCUT2D eigenvalue weighted by molar-refractivity contribution is -0.134. The van der Waals surface area contributed by atoms with E-state index in [0.29, 0.717) is 17.7 Å². The molecule has 0 heterocycles. The Kier molecular flexibility index (Phi) is 5.04. The molecule has 0 atom stereocenters. The van der Waals surface area contributed by atoms with Crippen molar-refractivity contribution in [2.75, 3.05) is 5.33 Å². The van der Waals surface area contributed by atoms with Crippen LogP contribution in [0.3, 0.4) is 0 Å². The Hall–Kier alpha value is -1.16. The highest BCUT2D eigenvalue weighted by atomic mass is 79.9. The van der Waals surface area contributed by atoms with Crippen molar-refractivity contribution in [1.82, 2.24) is 0 Å². The van der Waals surface area contributed by atoms with Crippen molar-refractivity contribution in [2.24, 2.45) is 0 Å². The third kappa shape index (κ3) is 4.25. The van der Waals surface area contributed by atoms with Gasteiger partial charge in [-0.25, -0.2) is 0 Å². The predicted molar refractivity (Wildman–Crippen MR) is 60.5 cm³/mol. The van der Waals surface area contributed by atoms with Crippen molar-refractivity contribution in [3.05, 3.63) is 29.8 Å². The van der Waals surface area contributed by atoms with E-state index in [0.717, 1.165) is 18.0 Å². The summed E-state index contributed by atoms with van der Waals surface area (Å²) in [5, 5.41) is 0.784. The molecule has 1 rings (SSSR count). The number of halogens is 1. The highest BCUT2D eigenvalue weighted by molar-refractivity contribution is 9.09. The third-order valence-corrected chi connectivity index (χ3v) is 2.32. The predicted octanol–water partition coefficient (Wildman–Crippen LogP) is 2.58. The van der Waals surface area contributed by atoms with E-state index in [-0.39, 0.29) is 5.97 Å². The van der Waals surface area contributed by atoms with E-state index in [9.17, 15) is 9.59 Å². The van der Waals surface area contributed by atoms with Crippen LogP contribution in [0.15, 0.2) is 24.3 Å². The maximum absolute atomic E-state index is 11.2. The van der Waals surface area contributed by atoms with Crippen LogP contribution >= 0.6 is 15.9 Å². The molecule has 0 saturated carbocycles. The molecule has 80 valence electrons. The van der Waals surface area contributed by atoms with Crippen LogP contribution in [0.25, 0.3) is 0 Å². The maximum atomic E-state index is 11.2. The molecule has 0 bridgehead atoms. The minimum absolute atomic E-state index is 0.256. The van der Waals surface area contributed by atoms with Crippen molar-refractivity contribution in [2.45, 2.75) is 12.8 Å². The largest absolute Gasteiger partial charge is 0.427 e. The van der Waals surface area contributed by atoms with Gasteiger partial charge in [0.15, 0.2) is 0 Å². The highest BCUT2D eigenvalue weighted by Crippen LogP contribution is 2.12. The fourth-order valence-electron chi connectivity index (χ4n) is 1.01. The lowest BCUT2D eigenvalue weighted by Gasteiger charge is -2.03. The Balaban J connectivity index is 2.49. The number of esters is 1. The molecule has 0 amide bonds. The molecular formula is C11H11BrO3. The van der Waals surface area contributed by atoms with Crippen LogP contribution in [0.2, 0.25) is 0 Å². The Morgan fingerprint density at radius 3 is 2.53 bits per heavy atom. The molecule has 4 heteroatoms. The molecule has 0 aliphatic heterocycles. The van der Waals surface area contributed by atoms with Gasteiger partial charge in [0, 0.05) is 17.3 Å². The second kappa shape index (κ2) is 6.35. The Morgan fingerprint density at radius 1 is 1.33 bits per heavy atom. The lowest BCUT2D eigenvalue weighted by Crippen LogP contribution is -2.07. The van der Waals surface area contributed by atoms with E-state index < -0.39 is 0 Å². The molecule has 0 aromatic heterocycles. The third-order valence-electron chi connectivity index (χ3n) is 1.76. The standard InChI is InChI=1S/C11H11BrO3/c12-7-1-2-11(14)15-10-5-3-9(8-13)4-6-10/h3-6,8H,1-2,7H2. The van der Waals surface area contributed by atoms with Crippen LogP contribution in [0.5, 0.6) is 5.75 Å². The molecule has 0 unspecified atom stereocenters. The molecule has 0 aliphatic rings. The molecule has 0 saturated heterocycles. The summed E-state index contributed by atoms with van der Waals surface area (Å²) in [7, 11) is 0. The lowest BCUT2D eigenvalue weighted by atomic mass is 10.2. The number of hydrogen-bond donors (Lipinski definition) is 0. The number of alkyl halides is 1. The molecule has 0 N–H and O–H groups in total. The Morgan fingerprint density at radius 2 is 2.00 bits per heavy atom. The van der Waals surface area contributed by atoms with E-state index in [1.807, 2.05) is 0 Å². The van der Waals surface area contributed by atoms with E-state index >= 15 is 0 Å². The minimum atomic E-state index is -0.256. The molecule has 3 nitrogen and oxygen atoms in total. The van der Waals surface area contributed by atoms with E-state index in [4.69, 9.17) is 4.74 Å². The van der Waals surface area contributed by atoms with Crippen LogP contribution < -0.4 is 4.74 Å². The summed E-state index contributed by atoms with van der Waals surface area (Å²) in [6.45, 7) is 0. The van der Waals surface area contributed by atoms with Crippen molar-refractivity contribution in [1.29, 1.82) is 0 Å². The number of benzene rings is 1. The average molecular weight is 271 g/mol. The van der Waals surface area contributed by atoms with Gasteiger partial charge in [-0.05, 0) is 30.7 Å². The first-order valence-electron chi connectivity index (χ1n) is 4.58. The molecule has 0 spiro atoms. The van der Waals surface area contributed by atoms with Gasteiger partial charge in [0.25, 0.3) is 0 Å². The van der Waals surface area contributed by atoms with Crippen LogP contribution in [-0.2, 0) is 4.79 Å². The Bertz CT molecular complexity index is 332. The summed E-state index contributed by atoms with van der Waals surface area (Å²) in [6.07, 6.45) is 1.89. The van der Waals surface area contributed by atoms with Crippen LogP contribution in [0.1, 0.15) is 23.2 Å². The fourth-order valence-corrected chi connectivity index (χ4v) is 1.29. The first-order chi connectivity index (χ1) is 7.26. The van der Waals surface area contributed by atoms with Crippen molar-refractivity contribution < 1.29 is 14.3 Å². The maximum Gasteiger partial charge on any atom is 0.311 e. The minimum Gasteiger partial charge on any atom is -0.427 e.